The van der Waals surface area contributed by atoms with Crippen molar-refractivity contribution in [2.75, 3.05) is 5.75 Å². The van der Waals surface area contributed by atoms with Gasteiger partial charge in [-0.1, -0.05) is 18.2 Å². The molecule has 0 heterocycles. The van der Waals surface area contributed by atoms with E-state index in [0.717, 1.165) is 18.6 Å². The molecule has 0 aromatic rings. The van der Waals surface area contributed by atoms with Gasteiger partial charge < -0.3 is 0 Å². The van der Waals surface area contributed by atoms with Crippen LogP contribution < -0.4 is 0 Å². The lowest BCUT2D eigenvalue weighted by molar-refractivity contribution is 0.114. The molecule has 1 N–H and O–H groups in total. The summed E-state index contributed by atoms with van der Waals surface area (Å²) in [6, 6.07) is 0. The molecule has 4 heteroatoms. The highest BCUT2D eigenvalue weighted by Crippen LogP contribution is 2.17. The topological polar surface area (TPSA) is 23.5 Å². The third-order valence-electron chi connectivity index (χ3n) is 1.41. The Bertz CT molecular complexity index is 179. The highest BCUT2D eigenvalue weighted by atomic mass is 35.5. The van der Waals surface area contributed by atoms with Crippen LogP contribution in [-0.4, -0.2) is 14.9 Å². The van der Waals surface area contributed by atoms with Crippen molar-refractivity contribution in [2.24, 2.45) is 0 Å². The Morgan fingerprint density at radius 1 is 1.64 bits per heavy atom. The van der Waals surface area contributed by atoms with Gasteiger partial charge in [-0.05, 0) is 34.4 Å². The third kappa shape index (κ3) is 3.82. The molecule has 1 aliphatic rings. The van der Waals surface area contributed by atoms with E-state index in [2.05, 4.69) is 18.2 Å². The van der Waals surface area contributed by atoms with Crippen LogP contribution in [-0.2, 0) is 0 Å². The fraction of sp³-hybridized carbons (Fsp3) is 0.429. The summed E-state index contributed by atoms with van der Waals surface area (Å²) in [5, 5.41) is 8.59. The first-order valence-electron chi connectivity index (χ1n) is 3.42. The number of rotatable bonds is 3. The minimum absolute atomic E-state index is 0.614. The maximum Gasteiger partial charge on any atom is 0.0364 e. The standard InChI is InChI=1S/C7H10ClNOS/c8-9(10)11-6-7-4-2-1-3-5-7/h2,4-5,10H,1,3,6H2. The van der Waals surface area contributed by atoms with Gasteiger partial charge in [-0.3, -0.25) is 5.21 Å². The maximum absolute atomic E-state index is 8.59. The SMILES string of the molecule is ON(Cl)SCC1=CCCC=C1. The lowest BCUT2D eigenvalue weighted by Gasteiger charge is -2.07. The molecule has 11 heavy (non-hydrogen) atoms. The highest BCUT2D eigenvalue weighted by molar-refractivity contribution is 7.97. The van der Waals surface area contributed by atoms with Crippen molar-refractivity contribution in [3.05, 3.63) is 23.8 Å². The first-order chi connectivity index (χ1) is 5.29. The number of allylic oxidation sites excluding steroid dienone is 3. The van der Waals surface area contributed by atoms with E-state index >= 15 is 0 Å². The number of hydrogen-bond donors (Lipinski definition) is 1. The summed E-state index contributed by atoms with van der Waals surface area (Å²) in [5.41, 5.74) is 1.22. The predicted octanol–water partition coefficient (Wildman–Crippen LogP) is 2.76. The molecule has 0 bridgehead atoms. The zero-order chi connectivity index (χ0) is 8.10. The summed E-state index contributed by atoms with van der Waals surface area (Å²) >= 11 is 6.37. The Morgan fingerprint density at radius 3 is 3.00 bits per heavy atom. The van der Waals surface area contributed by atoms with Gasteiger partial charge in [0.1, 0.15) is 0 Å². The van der Waals surface area contributed by atoms with Crippen molar-refractivity contribution in [3.63, 3.8) is 0 Å². The van der Waals surface area contributed by atoms with Crippen LogP contribution in [0, 0.1) is 0 Å². The molecule has 0 fully saturated rings. The van der Waals surface area contributed by atoms with Crippen molar-refractivity contribution in [1.82, 2.24) is 3.99 Å². The van der Waals surface area contributed by atoms with Gasteiger partial charge in [0.2, 0.25) is 0 Å². The van der Waals surface area contributed by atoms with Gasteiger partial charge in [0.25, 0.3) is 0 Å². The van der Waals surface area contributed by atoms with E-state index in [0.29, 0.717) is 3.99 Å². The molecule has 0 radical (unpaired) electrons. The van der Waals surface area contributed by atoms with Gasteiger partial charge in [0.05, 0.1) is 0 Å². The zero-order valence-electron chi connectivity index (χ0n) is 6.03. The Hall–Kier alpha value is 0.0400. The molecule has 2 nitrogen and oxygen atoms in total. The van der Waals surface area contributed by atoms with Crippen molar-refractivity contribution < 1.29 is 5.21 Å². The smallest absolute Gasteiger partial charge is 0.0364 e. The van der Waals surface area contributed by atoms with Gasteiger partial charge >= 0.3 is 0 Å². The number of nitrogens with zero attached hydrogens (tertiary/aromatic N) is 1. The van der Waals surface area contributed by atoms with E-state index in [4.69, 9.17) is 17.0 Å². The molecule has 1 rings (SSSR count). The zero-order valence-corrected chi connectivity index (χ0v) is 7.61. The number of halogens is 1. The lowest BCUT2D eigenvalue weighted by atomic mass is 10.1. The second-order valence-electron chi connectivity index (χ2n) is 2.26. The van der Waals surface area contributed by atoms with Gasteiger partial charge in [-0.2, -0.15) is 0 Å². The average Bonchev–Trinajstić information content (AvgIpc) is 2.03. The quantitative estimate of drug-likeness (QED) is 0.422. The van der Waals surface area contributed by atoms with E-state index in [1.807, 2.05) is 0 Å². The molecule has 0 aromatic heterocycles. The highest BCUT2D eigenvalue weighted by Gasteiger charge is 2.00. The third-order valence-corrected chi connectivity index (χ3v) is 2.38. The summed E-state index contributed by atoms with van der Waals surface area (Å²) in [6.07, 6.45) is 8.58. The second-order valence-corrected chi connectivity index (χ2v) is 3.67. The lowest BCUT2D eigenvalue weighted by Crippen LogP contribution is -1.97. The molecule has 0 spiro atoms. The van der Waals surface area contributed by atoms with E-state index in [1.54, 1.807) is 0 Å². The van der Waals surface area contributed by atoms with Crippen LogP contribution in [0.2, 0.25) is 0 Å². The largest absolute Gasteiger partial charge is 0.289 e. The molecular formula is C7H10ClNOS. The van der Waals surface area contributed by atoms with E-state index in [1.165, 1.54) is 17.5 Å². The van der Waals surface area contributed by atoms with Crippen LogP contribution in [0.5, 0.6) is 0 Å². The normalized spacial score (nSPS) is 17.2. The Morgan fingerprint density at radius 2 is 2.45 bits per heavy atom. The van der Waals surface area contributed by atoms with Crippen molar-refractivity contribution in [3.8, 4) is 0 Å². The van der Waals surface area contributed by atoms with Crippen LogP contribution in [0.1, 0.15) is 12.8 Å². The average molecular weight is 192 g/mol. The van der Waals surface area contributed by atoms with E-state index in [9.17, 15) is 0 Å². The summed E-state index contributed by atoms with van der Waals surface area (Å²) in [4.78, 5) is 0. The van der Waals surface area contributed by atoms with Crippen LogP contribution in [0.4, 0.5) is 0 Å². The van der Waals surface area contributed by atoms with Crippen LogP contribution in [0.25, 0.3) is 0 Å². The first kappa shape index (κ1) is 9.13. The molecule has 0 amide bonds. The Balaban J connectivity index is 2.25. The van der Waals surface area contributed by atoms with Crippen molar-refractivity contribution in [1.29, 1.82) is 0 Å². The summed E-state index contributed by atoms with van der Waals surface area (Å²) in [6.45, 7) is 0. The molecule has 0 aliphatic heterocycles. The molecule has 1 aliphatic carbocycles. The van der Waals surface area contributed by atoms with Crippen LogP contribution >= 0.6 is 23.7 Å². The van der Waals surface area contributed by atoms with Gasteiger partial charge in [-0.25, -0.2) is 0 Å². The van der Waals surface area contributed by atoms with Gasteiger partial charge in [0.15, 0.2) is 0 Å². The van der Waals surface area contributed by atoms with Crippen LogP contribution in [0.15, 0.2) is 23.8 Å². The molecule has 62 valence electrons. The second kappa shape index (κ2) is 4.83. The Labute approximate surface area is 75.7 Å². The first-order valence-corrected chi connectivity index (χ1v) is 4.70. The predicted molar refractivity (Wildman–Crippen MR) is 48.4 cm³/mol. The van der Waals surface area contributed by atoms with Gasteiger partial charge in [-0.15, -0.1) is 0 Å². The summed E-state index contributed by atoms with van der Waals surface area (Å²) in [5.74, 6) is 0.733. The minimum Gasteiger partial charge on any atom is -0.289 e. The summed E-state index contributed by atoms with van der Waals surface area (Å²) in [7, 11) is 0. The minimum atomic E-state index is 0.614. The monoisotopic (exact) mass is 191 g/mol. The Kier molecular flexibility index (Phi) is 4.01. The molecule has 0 aromatic carbocycles. The summed E-state index contributed by atoms with van der Waals surface area (Å²) < 4.78 is 0.614. The molecular weight excluding hydrogens is 182 g/mol. The van der Waals surface area contributed by atoms with E-state index in [-0.39, 0.29) is 0 Å². The van der Waals surface area contributed by atoms with Crippen molar-refractivity contribution in [2.45, 2.75) is 12.8 Å². The van der Waals surface area contributed by atoms with Crippen molar-refractivity contribution >= 4 is 23.7 Å². The molecule has 0 atom stereocenters. The van der Waals surface area contributed by atoms with Gasteiger partial charge in [0, 0.05) is 17.5 Å². The molecule has 0 unspecified atom stereocenters. The fourth-order valence-corrected chi connectivity index (χ4v) is 1.52. The molecule has 0 saturated carbocycles. The van der Waals surface area contributed by atoms with E-state index < -0.39 is 0 Å². The molecule has 0 saturated heterocycles. The van der Waals surface area contributed by atoms with Crippen LogP contribution in [0.3, 0.4) is 0 Å². The fourth-order valence-electron chi connectivity index (χ4n) is 0.903. The number of hydrogen-bond acceptors (Lipinski definition) is 3. The maximum atomic E-state index is 8.59.